The Morgan fingerprint density at radius 2 is 1.94 bits per heavy atom. The molecule has 0 aliphatic carbocycles. The summed E-state index contributed by atoms with van der Waals surface area (Å²) in [5.41, 5.74) is -0.504. The number of alkyl halides is 3. The molecule has 3 heterocycles. The van der Waals surface area contributed by atoms with E-state index in [1.54, 1.807) is 26.1 Å². The van der Waals surface area contributed by atoms with Gasteiger partial charge in [0.1, 0.15) is 16.4 Å². The van der Waals surface area contributed by atoms with Crippen molar-refractivity contribution in [1.29, 1.82) is 0 Å². The molecule has 0 radical (unpaired) electrons. The molecule has 186 valence electrons. The number of aromatic nitrogens is 3. The molecule has 0 fully saturated rings. The number of carboxylic acid groups (broad SMARTS) is 1. The molecule has 13 heteroatoms. The zero-order valence-corrected chi connectivity index (χ0v) is 19.6. The van der Waals surface area contributed by atoms with E-state index in [1.165, 1.54) is 29.1 Å². The second-order valence-electron chi connectivity index (χ2n) is 7.66. The van der Waals surface area contributed by atoms with Crippen LogP contribution in [-0.2, 0) is 13.2 Å². The van der Waals surface area contributed by atoms with E-state index < -0.39 is 29.3 Å². The molecule has 3 N–H and O–H groups in total. The van der Waals surface area contributed by atoms with Crippen LogP contribution in [0.3, 0.4) is 0 Å². The first-order chi connectivity index (χ1) is 17.0. The van der Waals surface area contributed by atoms with Crippen LogP contribution >= 0.6 is 11.3 Å². The topological polar surface area (TPSA) is 126 Å². The summed E-state index contributed by atoms with van der Waals surface area (Å²) in [6.45, 7) is 2.08. The van der Waals surface area contributed by atoms with Crippen molar-refractivity contribution in [3.8, 4) is 21.7 Å². The normalized spacial score (nSPS) is 11.5. The summed E-state index contributed by atoms with van der Waals surface area (Å²) in [5.74, 6) is -1.25. The van der Waals surface area contributed by atoms with Gasteiger partial charge < -0.3 is 15.0 Å². The SMILES string of the molecule is CCNC(=O)Nc1cc(-c2nc(C(F)(F)F)cs2)c(-c2ccc3c(=O)c(C(=O)O)cn(C)c3c2)cn1. The van der Waals surface area contributed by atoms with E-state index in [9.17, 15) is 32.7 Å². The van der Waals surface area contributed by atoms with Gasteiger partial charge in [-0.05, 0) is 30.7 Å². The third-order valence-corrected chi connectivity index (χ3v) is 6.11. The van der Waals surface area contributed by atoms with Crippen LogP contribution in [-0.4, -0.2) is 38.2 Å². The molecule has 0 spiro atoms. The fourth-order valence-corrected chi connectivity index (χ4v) is 4.44. The van der Waals surface area contributed by atoms with Crippen molar-refractivity contribution in [2.24, 2.45) is 7.05 Å². The first-order valence-electron chi connectivity index (χ1n) is 10.4. The van der Waals surface area contributed by atoms with Crippen LogP contribution in [0.15, 0.2) is 46.8 Å². The van der Waals surface area contributed by atoms with Gasteiger partial charge in [-0.15, -0.1) is 11.3 Å². The average Bonchev–Trinajstić information content (AvgIpc) is 3.32. The predicted octanol–water partition coefficient (Wildman–Crippen LogP) is 4.58. The third kappa shape index (κ3) is 4.77. The molecule has 0 aliphatic heterocycles. The van der Waals surface area contributed by atoms with Gasteiger partial charge in [0.15, 0.2) is 5.69 Å². The van der Waals surface area contributed by atoms with E-state index in [0.29, 0.717) is 23.2 Å². The Labute approximate surface area is 205 Å². The maximum absolute atomic E-state index is 13.2. The predicted molar refractivity (Wildman–Crippen MR) is 128 cm³/mol. The summed E-state index contributed by atoms with van der Waals surface area (Å²) >= 11 is 0.783. The Morgan fingerprint density at radius 3 is 2.58 bits per heavy atom. The van der Waals surface area contributed by atoms with Crippen molar-refractivity contribution < 1.29 is 27.9 Å². The molecule has 4 rings (SSSR count). The molecular weight excluding hydrogens is 499 g/mol. The number of amides is 2. The van der Waals surface area contributed by atoms with Crippen LogP contribution in [0, 0.1) is 0 Å². The number of benzene rings is 1. The second kappa shape index (κ2) is 9.41. The van der Waals surface area contributed by atoms with Gasteiger partial charge in [-0.2, -0.15) is 13.2 Å². The molecular formula is C23H18F3N5O4S. The third-order valence-electron chi connectivity index (χ3n) is 5.24. The number of urea groups is 1. The van der Waals surface area contributed by atoms with E-state index in [0.717, 1.165) is 16.7 Å². The Balaban J connectivity index is 1.89. The Hall–Kier alpha value is -4.26. The number of hydrogen-bond acceptors (Lipinski definition) is 6. The number of fused-ring (bicyclic) bond motifs is 1. The standard InChI is InChI=1S/C23H18F3N5O4S/c1-3-27-22(35)30-18-7-13(20-29-17(10-36-20)23(24,25)26)14(8-28-18)11-4-5-12-16(6-11)31(2)9-15(19(12)32)21(33)34/h4-10H,3H2,1-2H3,(H,33,34)(H2,27,28,30,35). The van der Waals surface area contributed by atoms with Gasteiger partial charge in [0.05, 0.1) is 5.52 Å². The van der Waals surface area contributed by atoms with E-state index in [1.807, 2.05) is 0 Å². The lowest BCUT2D eigenvalue weighted by atomic mass is 9.99. The van der Waals surface area contributed by atoms with E-state index >= 15 is 0 Å². The Bertz CT molecular complexity index is 1560. The summed E-state index contributed by atoms with van der Waals surface area (Å²) in [7, 11) is 1.58. The molecule has 0 aliphatic rings. The largest absolute Gasteiger partial charge is 0.477 e. The summed E-state index contributed by atoms with van der Waals surface area (Å²) < 4.78 is 41.1. The monoisotopic (exact) mass is 517 g/mol. The summed E-state index contributed by atoms with van der Waals surface area (Å²) in [6, 6.07) is 5.49. The first kappa shape index (κ1) is 24.9. The maximum atomic E-state index is 13.2. The molecule has 0 atom stereocenters. The number of carbonyl (C=O) groups excluding carboxylic acids is 1. The smallest absolute Gasteiger partial charge is 0.434 e. The van der Waals surface area contributed by atoms with Gasteiger partial charge in [0.2, 0.25) is 5.43 Å². The van der Waals surface area contributed by atoms with Gasteiger partial charge in [-0.25, -0.2) is 19.6 Å². The Kier molecular flexibility index (Phi) is 6.50. The highest BCUT2D eigenvalue weighted by Crippen LogP contribution is 2.38. The van der Waals surface area contributed by atoms with Crippen LogP contribution in [0.25, 0.3) is 32.6 Å². The van der Waals surface area contributed by atoms with Crippen molar-refractivity contribution >= 4 is 40.1 Å². The van der Waals surface area contributed by atoms with Crippen molar-refractivity contribution in [2.75, 3.05) is 11.9 Å². The zero-order valence-electron chi connectivity index (χ0n) is 18.8. The molecule has 0 saturated heterocycles. The minimum Gasteiger partial charge on any atom is -0.477 e. The van der Waals surface area contributed by atoms with Gasteiger partial charge >= 0.3 is 18.2 Å². The lowest BCUT2D eigenvalue weighted by Crippen LogP contribution is -2.28. The van der Waals surface area contributed by atoms with Crippen molar-refractivity contribution in [3.05, 3.63) is 63.5 Å². The fourth-order valence-electron chi connectivity index (χ4n) is 3.58. The van der Waals surface area contributed by atoms with Crippen molar-refractivity contribution in [3.63, 3.8) is 0 Å². The lowest BCUT2D eigenvalue weighted by Gasteiger charge is -2.13. The van der Waals surface area contributed by atoms with Crippen LogP contribution in [0.4, 0.5) is 23.8 Å². The molecule has 0 bridgehead atoms. The fraction of sp³-hybridized carbons (Fsp3) is 0.174. The number of carboxylic acids is 1. The van der Waals surface area contributed by atoms with Crippen molar-refractivity contribution in [2.45, 2.75) is 13.1 Å². The van der Waals surface area contributed by atoms with E-state index in [2.05, 4.69) is 20.6 Å². The molecule has 9 nitrogen and oxygen atoms in total. The zero-order chi connectivity index (χ0) is 26.2. The quantitative estimate of drug-likeness (QED) is 0.356. The van der Waals surface area contributed by atoms with Crippen molar-refractivity contribution in [1.82, 2.24) is 19.9 Å². The minimum absolute atomic E-state index is 0.0499. The van der Waals surface area contributed by atoms with E-state index in [4.69, 9.17) is 0 Å². The number of aryl methyl sites for hydroxylation is 1. The number of carbonyl (C=O) groups is 2. The van der Waals surface area contributed by atoms with Gasteiger partial charge in [0.25, 0.3) is 0 Å². The van der Waals surface area contributed by atoms with Crippen LogP contribution in [0.2, 0.25) is 0 Å². The molecule has 3 aromatic heterocycles. The number of halogens is 3. The molecule has 0 unspecified atom stereocenters. The first-order valence-corrected chi connectivity index (χ1v) is 11.3. The molecule has 1 aromatic carbocycles. The number of pyridine rings is 2. The Morgan fingerprint density at radius 1 is 1.19 bits per heavy atom. The molecule has 36 heavy (non-hydrogen) atoms. The number of rotatable bonds is 5. The number of nitrogens with zero attached hydrogens (tertiary/aromatic N) is 3. The van der Waals surface area contributed by atoms with Gasteiger partial charge in [0, 0.05) is 47.9 Å². The van der Waals surface area contributed by atoms with Crippen LogP contribution in [0.1, 0.15) is 23.0 Å². The number of nitrogens with one attached hydrogen (secondary N) is 2. The summed E-state index contributed by atoms with van der Waals surface area (Å²) in [6.07, 6.45) is -2.05. The minimum atomic E-state index is -4.63. The number of aromatic carboxylic acids is 1. The highest BCUT2D eigenvalue weighted by molar-refractivity contribution is 7.13. The number of anilines is 1. The molecule has 2 amide bonds. The molecule has 4 aromatic rings. The van der Waals surface area contributed by atoms with Crippen LogP contribution < -0.4 is 16.1 Å². The lowest BCUT2D eigenvalue weighted by molar-refractivity contribution is -0.140. The summed E-state index contributed by atoms with van der Waals surface area (Å²) in [5, 5.41) is 15.5. The number of thiazole rings is 1. The highest BCUT2D eigenvalue weighted by Gasteiger charge is 2.34. The van der Waals surface area contributed by atoms with Gasteiger partial charge in [-0.3, -0.25) is 10.1 Å². The second-order valence-corrected chi connectivity index (χ2v) is 8.51. The molecule has 0 saturated carbocycles. The average molecular weight is 517 g/mol. The van der Waals surface area contributed by atoms with Gasteiger partial charge in [-0.1, -0.05) is 6.07 Å². The summed E-state index contributed by atoms with van der Waals surface area (Å²) in [4.78, 5) is 43.9. The highest BCUT2D eigenvalue weighted by atomic mass is 32.1. The number of hydrogen-bond donors (Lipinski definition) is 3. The maximum Gasteiger partial charge on any atom is 0.434 e. The van der Waals surface area contributed by atoms with E-state index in [-0.39, 0.29) is 27.3 Å². The van der Waals surface area contributed by atoms with Crippen LogP contribution in [0.5, 0.6) is 0 Å².